The maximum atomic E-state index is 13.8. The van der Waals surface area contributed by atoms with E-state index in [1.165, 1.54) is 0 Å². The van der Waals surface area contributed by atoms with Crippen molar-refractivity contribution in [2.24, 2.45) is 0 Å². The summed E-state index contributed by atoms with van der Waals surface area (Å²) in [6.45, 7) is -2.53. The van der Waals surface area contributed by atoms with Crippen LogP contribution in [0.1, 0.15) is 10.4 Å². The lowest BCUT2D eigenvalue weighted by atomic mass is 10.1. The Hall–Kier alpha value is -3.46. The van der Waals surface area contributed by atoms with Gasteiger partial charge in [-0.2, -0.15) is 0 Å². The first-order valence-corrected chi connectivity index (χ1v) is 13.4. The molecule has 3 nitrogen and oxygen atoms in total. The average Bonchev–Trinajstić information content (AvgIpc) is 2.88. The number of halogens is 1. The van der Waals surface area contributed by atoms with Gasteiger partial charge in [0, 0.05) is 9.86 Å². The Morgan fingerprint density at radius 3 is 1.71 bits per heavy atom. The van der Waals surface area contributed by atoms with Crippen molar-refractivity contribution in [3.8, 4) is 0 Å². The molecule has 1 aromatic heterocycles. The first kappa shape index (κ1) is 22.3. The molecule has 0 saturated heterocycles. The Bertz CT molecular complexity index is 1490. The lowest BCUT2D eigenvalue weighted by Crippen LogP contribution is -2.29. The molecule has 34 heavy (non-hydrogen) atoms. The predicted molar refractivity (Wildman–Crippen MR) is 146 cm³/mol. The molecule has 0 spiro atoms. The lowest BCUT2D eigenvalue weighted by Gasteiger charge is -2.28. The van der Waals surface area contributed by atoms with Crippen LogP contribution in [0.5, 0.6) is 0 Å². The number of Topliss-reactive ketones (excluding diaryl/α,β-unsaturated/α-hetero) is 1. The molecule has 0 saturated carbocycles. The van der Waals surface area contributed by atoms with Crippen LogP contribution in [-0.2, 0) is 0 Å². The van der Waals surface area contributed by atoms with Gasteiger partial charge in [-0.15, -0.1) is 0 Å². The summed E-state index contributed by atoms with van der Waals surface area (Å²) in [5.74, 6) is 1.41. The molecule has 0 aliphatic rings. The molecule has 4 aromatic carbocycles. The highest BCUT2D eigenvalue weighted by atomic mass is 79.9. The van der Waals surface area contributed by atoms with Crippen LogP contribution in [0.3, 0.4) is 0 Å². The van der Waals surface area contributed by atoms with E-state index >= 15 is 0 Å². The average molecular weight is 527 g/mol. The molecule has 1 heterocycles. The zero-order valence-corrected chi connectivity index (χ0v) is 20.6. The Balaban J connectivity index is 1.83. The maximum Gasteiger partial charge on any atom is 0.347 e. The van der Waals surface area contributed by atoms with Crippen LogP contribution >= 0.6 is 22.8 Å². The van der Waals surface area contributed by atoms with Crippen molar-refractivity contribution in [2.45, 2.75) is 0 Å². The summed E-state index contributed by atoms with van der Waals surface area (Å²) < 4.78 is 6.34. The molecule has 0 fully saturated rings. The number of carbonyl (C=O) groups excluding carboxylic acids is 1. The van der Waals surface area contributed by atoms with Gasteiger partial charge in [0.1, 0.15) is 11.1 Å². The van der Waals surface area contributed by atoms with Crippen molar-refractivity contribution in [1.82, 2.24) is 0 Å². The van der Waals surface area contributed by atoms with E-state index in [2.05, 4.69) is 52.3 Å². The highest BCUT2D eigenvalue weighted by molar-refractivity contribution is 9.10. The van der Waals surface area contributed by atoms with Gasteiger partial charge in [-0.3, -0.25) is 4.79 Å². The Labute approximate surface area is 205 Å². The Morgan fingerprint density at radius 2 is 1.21 bits per heavy atom. The van der Waals surface area contributed by atoms with Crippen molar-refractivity contribution in [1.29, 1.82) is 0 Å². The molecule has 0 aliphatic carbocycles. The number of benzene rings is 4. The van der Waals surface area contributed by atoms with Crippen LogP contribution in [0.25, 0.3) is 11.0 Å². The second-order valence-corrected chi connectivity index (χ2v) is 12.0. The zero-order valence-electron chi connectivity index (χ0n) is 18.1. The summed E-state index contributed by atoms with van der Waals surface area (Å²) in [6.07, 6.45) is 0. The molecule has 0 amide bonds. The van der Waals surface area contributed by atoms with Crippen molar-refractivity contribution in [3.05, 3.63) is 136 Å². The fraction of sp³-hybridized carbons (Fsp3) is 0. The highest BCUT2D eigenvalue weighted by Gasteiger charge is 2.27. The van der Waals surface area contributed by atoms with Crippen molar-refractivity contribution < 1.29 is 9.21 Å². The van der Waals surface area contributed by atoms with Crippen LogP contribution < -0.4 is 21.5 Å². The monoisotopic (exact) mass is 526 g/mol. The predicted octanol–water partition coefficient (Wildman–Crippen LogP) is 5.53. The third-order valence-electron chi connectivity index (χ3n) is 5.76. The Morgan fingerprint density at radius 1 is 0.706 bits per heavy atom. The highest BCUT2D eigenvalue weighted by Crippen LogP contribution is 2.43. The fourth-order valence-corrected chi connectivity index (χ4v) is 8.31. The molecule has 5 heteroatoms. The van der Waals surface area contributed by atoms with Crippen LogP contribution in [0, 0.1) is 0 Å². The molecule has 0 N–H and O–H groups in total. The molecule has 5 rings (SSSR count). The summed E-state index contributed by atoms with van der Waals surface area (Å²) in [5, 5.41) is 3.80. The normalized spacial score (nSPS) is 11.3. The van der Waals surface area contributed by atoms with Crippen LogP contribution in [0.4, 0.5) is 0 Å². The molecule has 166 valence electrons. The number of rotatable bonds is 5. The van der Waals surface area contributed by atoms with Gasteiger partial charge >= 0.3 is 5.63 Å². The van der Waals surface area contributed by atoms with E-state index in [0.29, 0.717) is 11.0 Å². The topological polar surface area (TPSA) is 47.3 Å². The second-order valence-electron chi connectivity index (χ2n) is 7.85. The largest absolute Gasteiger partial charge is 0.422 e. The molecule has 0 unspecified atom stereocenters. The van der Waals surface area contributed by atoms with Gasteiger partial charge in [0.25, 0.3) is 0 Å². The Kier molecular flexibility index (Phi) is 6.19. The number of hydrogen-bond donors (Lipinski definition) is 0. The smallest absolute Gasteiger partial charge is 0.347 e. The quantitative estimate of drug-likeness (QED) is 0.172. The molecular weight excluding hydrogens is 507 g/mol. The van der Waals surface area contributed by atoms with Crippen LogP contribution in [0.15, 0.2) is 129 Å². The summed E-state index contributed by atoms with van der Waals surface area (Å²) in [6, 6.07) is 37.1. The maximum absolute atomic E-state index is 13.8. The third-order valence-corrected chi connectivity index (χ3v) is 10.2. The van der Waals surface area contributed by atoms with E-state index in [1.54, 1.807) is 24.0 Å². The van der Waals surface area contributed by atoms with E-state index in [4.69, 9.17) is 4.42 Å². The number of carbonyl (C=O) groups is 1. The van der Waals surface area contributed by atoms with Gasteiger partial charge in [0.05, 0.1) is 0 Å². The van der Waals surface area contributed by atoms with Gasteiger partial charge in [-0.05, 0) is 52.9 Å². The van der Waals surface area contributed by atoms with Gasteiger partial charge in [-0.25, -0.2) is 4.79 Å². The van der Waals surface area contributed by atoms with Crippen molar-refractivity contribution in [2.75, 3.05) is 0 Å². The summed E-state index contributed by atoms with van der Waals surface area (Å²) >= 11 is 3.45. The molecule has 0 radical (unpaired) electrons. The van der Waals surface area contributed by atoms with Crippen LogP contribution in [-0.4, -0.2) is 11.6 Å². The van der Waals surface area contributed by atoms with E-state index in [9.17, 15) is 9.59 Å². The summed E-state index contributed by atoms with van der Waals surface area (Å²) in [5.41, 5.74) is -0.166. The van der Waals surface area contributed by atoms with Crippen molar-refractivity contribution >= 4 is 61.3 Å². The van der Waals surface area contributed by atoms with Crippen LogP contribution in [0.2, 0.25) is 0 Å². The minimum atomic E-state index is -2.53. The summed E-state index contributed by atoms with van der Waals surface area (Å²) in [4.78, 5) is 26.7. The number of hydrogen-bond acceptors (Lipinski definition) is 3. The van der Waals surface area contributed by atoms with E-state index in [-0.39, 0.29) is 11.3 Å². The third kappa shape index (κ3) is 4.11. The van der Waals surface area contributed by atoms with E-state index in [0.717, 1.165) is 20.4 Å². The van der Waals surface area contributed by atoms with Crippen molar-refractivity contribution in [3.63, 3.8) is 0 Å². The van der Waals surface area contributed by atoms with Gasteiger partial charge < -0.3 is 4.42 Å². The standard InChI is InChI=1S/C29H20BrO3P/c30-22-16-17-28-21(18-22)19-26(29(32)33-28)27(31)20-34(23-10-4-1-5-11-23,24-12-6-2-7-13-24)25-14-8-3-9-15-25/h1-20H. The minimum Gasteiger partial charge on any atom is -0.422 e. The lowest BCUT2D eigenvalue weighted by molar-refractivity contribution is 0.107. The van der Waals surface area contributed by atoms with E-state index < -0.39 is 12.5 Å². The SMILES string of the molecule is O=C(C=P(c1ccccc1)(c1ccccc1)c1ccccc1)c1cc2cc(Br)ccc2oc1=O. The van der Waals surface area contributed by atoms with Gasteiger partial charge in [-0.1, -0.05) is 107 Å². The van der Waals surface area contributed by atoms with Gasteiger partial charge in [0.2, 0.25) is 0 Å². The number of fused-ring (bicyclic) bond motifs is 1. The molecular formula is C29H20BrO3P. The fourth-order valence-electron chi connectivity index (χ4n) is 4.17. The first-order chi connectivity index (χ1) is 16.6. The second kappa shape index (κ2) is 9.42. The summed E-state index contributed by atoms with van der Waals surface area (Å²) in [7, 11) is 0. The minimum absolute atomic E-state index is 0.0257. The molecule has 0 atom stereocenters. The molecule has 0 bridgehead atoms. The molecule has 0 aliphatic heterocycles. The zero-order chi connectivity index (χ0) is 23.5. The first-order valence-electron chi connectivity index (χ1n) is 10.8. The van der Waals surface area contributed by atoms with E-state index in [1.807, 2.05) is 60.7 Å². The van der Waals surface area contributed by atoms with Gasteiger partial charge in [0.15, 0.2) is 5.78 Å². The molecule has 5 aromatic rings. The number of ketones is 1.